The molecule has 2 atom stereocenters. The lowest BCUT2D eigenvalue weighted by atomic mass is 9.86. The fourth-order valence-electron chi connectivity index (χ4n) is 3.53. The molecule has 4 heteroatoms. The average Bonchev–Trinajstić information content (AvgIpc) is 2.73. The van der Waals surface area contributed by atoms with Crippen LogP contribution in [0.25, 0.3) is 0 Å². The van der Waals surface area contributed by atoms with E-state index >= 15 is 0 Å². The van der Waals surface area contributed by atoms with Gasteiger partial charge in [-0.05, 0) is 42.1 Å². The van der Waals surface area contributed by atoms with Crippen LogP contribution < -0.4 is 5.32 Å². The van der Waals surface area contributed by atoms with Crippen LogP contribution >= 0.6 is 12.6 Å². The minimum Gasteiger partial charge on any atom is -0.352 e. The number of hydrogen-bond acceptors (Lipinski definition) is 3. The van der Waals surface area contributed by atoms with Crippen LogP contribution in [0.15, 0.2) is 60.7 Å². The molecule has 1 amide bonds. The van der Waals surface area contributed by atoms with Gasteiger partial charge in [0.15, 0.2) is 0 Å². The number of Topliss-reactive ketones (excluding diaryl/α,β-unsaturated/α-hetero) is 1. The highest BCUT2D eigenvalue weighted by molar-refractivity contribution is 7.80. The summed E-state index contributed by atoms with van der Waals surface area (Å²) in [6, 6.07) is 20.0. The molecule has 0 bridgehead atoms. The molecule has 0 aromatic heterocycles. The second-order valence-electron chi connectivity index (χ2n) is 8.10. The van der Waals surface area contributed by atoms with Gasteiger partial charge in [0.2, 0.25) is 5.91 Å². The zero-order chi connectivity index (χ0) is 21.1. The third-order valence-corrected chi connectivity index (χ3v) is 5.62. The smallest absolute Gasteiger partial charge is 0.223 e. The maximum absolute atomic E-state index is 12.9. The van der Waals surface area contributed by atoms with E-state index in [4.69, 9.17) is 0 Å². The van der Waals surface area contributed by atoms with E-state index in [1.54, 1.807) is 0 Å². The van der Waals surface area contributed by atoms with Gasteiger partial charge in [0, 0.05) is 24.8 Å². The molecule has 3 nitrogen and oxygen atoms in total. The summed E-state index contributed by atoms with van der Waals surface area (Å²) < 4.78 is 0. The number of carbonyl (C=O) groups is 2. The third kappa shape index (κ3) is 8.45. The first-order valence-corrected chi connectivity index (χ1v) is 11.1. The van der Waals surface area contributed by atoms with Crippen molar-refractivity contribution in [1.29, 1.82) is 0 Å². The van der Waals surface area contributed by atoms with E-state index in [0.717, 1.165) is 18.4 Å². The molecule has 0 fully saturated rings. The molecule has 1 N–H and O–H groups in total. The molecule has 1 unspecified atom stereocenters. The van der Waals surface area contributed by atoms with Crippen molar-refractivity contribution in [3.05, 3.63) is 71.8 Å². The summed E-state index contributed by atoms with van der Waals surface area (Å²) in [5.41, 5.74) is 2.29. The van der Waals surface area contributed by atoms with Crippen LogP contribution in [-0.4, -0.2) is 17.4 Å². The number of ketones is 1. The minimum absolute atomic E-state index is 0.0307. The van der Waals surface area contributed by atoms with Crippen LogP contribution in [0.2, 0.25) is 0 Å². The average molecular weight is 412 g/mol. The Bertz CT molecular complexity index is 746. The topological polar surface area (TPSA) is 46.2 Å². The van der Waals surface area contributed by atoms with E-state index < -0.39 is 0 Å². The van der Waals surface area contributed by atoms with Crippen molar-refractivity contribution in [3.8, 4) is 0 Å². The first-order chi connectivity index (χ1) is 14.0. The Hall–Kier alpha value is -2.07. The number of amides is 1. The summed E-state index contributed by atoms with van der Waals surface area (Å²) in [5.74, 6) is 0.592. The molecule has 29 heavy (non-hydrogen) atoms. The van der Waals surface area contributed by atoms with Crippen LogP contribution in [0, 0.1) is 17.8 Å². The predicted octanol–water partition coefficient (Wildman–Crippen LogP) is 5.10. The zero-order valence-electron chi connectivity index (χ0n) is 17.5. The van der Waals surface area contributed by atoms with E-state index in [1.807, 2.05) is 48.5 Å². The number of carbonyl (C=O) groups excluding carboxylic acids is 2. The van der Waals surface area contributed by atoms with Crippen molar-refractivity contribution in [2.75, 3.05) is 5.75 Å². The highest BCUT2D eigenvalue weighted by Gasteiger charge is 2.26. The third-order valence-electron chi connectivity index (χ3n) is 5.18. The lowest BCUT2D eigenvalue weighted by Gasteiger charge is -2.21. The lowest BCUT2D eigenvalue weighted by molar-refractivity contribution is -0.131. The maximum atomic E-state index is 12.9. The summed E-state index contributed by atoms with van der Waals surface area (Å²) in [7, 11) is 0. The molecule has 0 heterocycles. The van der Waals surface area contributed by atoms with Crippen LogP contribution in [-0.2, 0) is 22.6 Å². The number of hydrogen-bond donors (Lipinski definition) is 2. The van der Waals surface area contributed by atoms with E-state index in [-0.39, 0.29) is 23.5 Å². The molecule has 0 aliphatic heterocycles. The molecule has 0 radical (unpaired) electrons. The Labute approximate surface area is 180 Å². The van der Waals surface area contributed by atoms with Crippen molar-refractivity contribution in [2.24, 2.45) is 17.8 Å². The van der Waals surface area contributed by atoms with Crippen LogP contribution in [0.5, 0.6) is 0 Å². The minimum atomic E-state index is -0.287. The Kier molecular flexibility index (Phi) is 9.99. The standard InChI is InChI=1S/C25H33NO2S/c1-19(2)15-23(25(28)26-17-21-11-7-4-8-12-21)16-24(27)22(18-29)14-13-20-9-5-3-6-10-20/h3-12,19,22-23,29H,13-18H2,1-2H3,(H,26,28)/t22?,23-/m0/s1. The van der Waals surface area contributed by atoms with Gasteiger partial charge in [0.1, 0.15) is 5.78 Å². The summed E-state index contributed by atoms with van der Waals surface area (Å²) in [6.07, 6.45) is 2.63. The predicted molar refractivity (Wildman–Crippen MR) is 123 cm³/mol. The number of benzene rings is 2. The van der Waals surface area contributed by atoms with Gasteiger partial charge in [-0.3, -0.25) is 9.59 Å². The van der Waals surface area contributed by atoms with E-state index in [9.17, 15) is 9.59 Å². The van der Waals surface area contributed by atoms with Crippen LogP contribution in [0.1, 0.15) is 44.2 Å². The fraction of sp³-hybridized carbons (Fsp3) is 0.440. The van der Waals surface area contributed by atoms with Crippen LogP contribution in [0.3, 0.4) is 0 Å². The summed E-state index contributed by atoms with van der Waals surface area (Å²) >= 11 is 4.41. The summed E-state index contributed by atoms with van der Waals surface area (Å²) in [5, 5.41) is 3.01. The van der Waals surface area contributed by atoms with Crippen molar-refractivity contribution < 1.29 is 9.59 Å². The van der Waals surface area contributed by atoms with E-state index in [2.05, 4.69) is 43.9 Å². The molecule has 2 aromatic rings. The maximum Gasteiger partial charge on any atom is 0.223 e. The van der Waals surface area contributed by atoms with Gasteiger partial charge >= 0.3 is 0 Å². The number of thiol groups is 1. The highest BCUT2D eigenvalue weighted by atomic mass is 32.1. The van der Waals surface area contributed by atoms with Gasteiger partial charge in [0.25, 0.3) is 0 Å². The molecular formula is C25H33NO2S. The zero-order valence-corrected chi connectivity index (χ0v) is 18.4. The highest BCUT2D eigenvalue weighted by Crippen LogP contribution is 2.22. The number of nitrogens with one attached hydrogen (secondary N) is 1. The van der Waals surface area contributed by atoms with Crippen molar-refractivity contribution in [1.82, 2.24) is 5.32 Å². The van der Waals surface area contributed by atoms with E-state index in [1.165, 1.54) is 5.56 Å². The molecule has 0 aliphatic carbocycles. The second kappa shape index (κ2) is 12.5. The first kappa shape index (κ1) is 23.2. The van der Waals surface area contributed by atoms with Crippen LogP contribution in [0.4, 0.5) is 0 Å². The molecule has 0 spiro atoms. The molecule has 0 aliphatic rings. The van der Waals surface area contributed by atoms with Crippen molar-refractivity contribution in [3.63, 3.8) is 0 Å². The SMILES string of the molecule is CC(C)C[C@@H](CC(=O)C(CS)CCc1ccccc1)C(=O)NCc1ccccc1. The van der Waals surface area contributed by atoms with Gasteiger partial charge in [-0.15, -0.1) is 0 Å². The Morgan fingerprint density at radius 1 is 0.897 bits per heavy atom. The summed E-state index contributed by atoms with van der Waals surface area (Å²) in [4.78, 5) is 25.7. The van der Waals surface area contributed by atoms with Gasteiger partial charge in [0.05, 0.1) is 0 Å². The molecule has 156 valence electrons. The van der Waals surface area contributed by atoms with Crippen molar-refractivity contribution in [2.45, 2.75) is 46.1 Å². The Morgan fingerprint density at radius 3 is 2.03 bits per heavy atom. The normalized spacial score (nSPS) is 13.1. The van der Waals surface area contributed by atoms with E-state index in [0.29, 0.717) is 31.1 Å². The van der Waals surface area contributed by atoms with Gasteiger partial charge in [-0.2, -0.15) is 12.6 Å². The van der Waals surface area contributed by atoms with Gasteiger partial charge in [-0.25, -0.2) is 0 Å². The van der Waals surface area contributed by atoms with Crippen molar-refractivity contribution >= 4 is 24.3 Å². The largest absolute Gasteiger partial charge is 0.352 e. The molecule has 0 saturated heterocycles. The molecule has 0 saturated carbocycles. The second-order valence-corrected chi connectivity index (χ2v) is 8.47. The first-order valence-electron chi connectivity index (χ1n) is 10.5. The fourth-order valence-corrected chi connectivity index (χ4v) is 3.92. The lowest BCUT2D eigenvalue weighted by Crippen LogP contribution is -2.34. The quantitative estimate of drug-likeness (QED) is 0.477. The Morgan fingerprint density at radius 2 is 1.48 bits per heavy atom. The number of aryl methyl sites for hydroxylation is 1. The molecule has 2 rings (SSSR count). The van der Waals surface area contributed by atoms with Gasteiger partial charge in [-0.1, -0.05) is 74.5 Å². The molecule has 2 aromatic carbocycles. The summed E-state index contributed by atoms with van der Waals surface area (Å²) in [6.45, 7) is 4.67. The Balaban J connectivity index is 1.93. The monoisotopic (exact) mass is 411 g/mol. The van der Waals surface area contributed by atoms with Gasteiger partial charge < -0.3 is 5.32 Å². The number of rotatable bonds is 12. The molecular weight excluding hydrogens is 378 g/mol.